The van der Waals surface area contributed by atoms with Crippen LogP contribution in [0.25, 0.3) is 0 Å². The second kappa shape index (κ2) is 12.3. The second-order valence-corrected chi connectivity index (χ2v) is 15.3. The summed E-state index contributed by atoms with van der Waals surface area (Å²) in [6, 6.07) is 0. The predicted molar refractivity (Wildman–Crippen MR) is 156 cm³/mol. The van der Waals surface area contributed by atoms with E-state index in [1.807, 2.05) is 0 Å². The molecule has 242 valence electrons. The van der Waals surface area contributed by atoms with Gasteiger partial charge in [-0.05, 0) is 85.9 Å². The monoisotopic (exact) mass is 596 g/mol. The molecule has 16 atom stereocenters. The molecule has 0 amide bonds. The van der Waals surface area contributed by atoms with Crippen molar-refractivity contribution in [3.8, 4) is 0 Å². The Morgan fingerprint density at radius 3 is 2.36 bits per heavy atom. The Morgan fingerprint density at radius 2 is 1.69 bits per heavy atom. The van der Waals surface area contributed by atoms with Gasteiger partial charge >= 0.3 is 0 Å². The molecule has 0 aromatic carbocycles. The number of hydrogen-bond acceptors (Lipinski definition) is 9. The molecule has 0 spiro atoms. The molecular weight excluding hydrogens is 540 g/mol. The van der Waals surface area contributed by atoms with E-state index in [0.29, 0.717) is 37.5 Å². The van der Waals surface area contributed by atoms with Crippen molar-refractivity contribution < 1.29 is 45.2 Å². The molecule has 1 saturated heterocycles. The summed E-state index contributed by atoms with van der Waals surface area (Å²) in [4.78, 5) is 0. The standard InChI is InChI=1S/C33H56O9/c1-16(2)6-9-23(36)17(3)27-24(41-31-30(40)29(39)28(38)25(15-34)42-31)14-22-20-8-7-18-12-19(35)13-26(37)33(18,5)21(20)10-11-32(22,27)4/h7,16-17,19-31,34-40H,6,8-15H2,1-5H3/t17-,19-,20-,21+,22+,23+,24+,25-,26-,27+,28+,29+,30-,31-,32+,33+/m1/s1. The molecule has 0 radical (unpaired) electrons. The fraction of sp³-hybridized carbons (Fsp3) is 0.939. The van der Waals surface area contributed by atoms with Crippen LogP contribution in [0, 0.1) is 46.3 Å². The van der Waals surface area contributed by atoms with Crippen LogP contribution in [0.15, 0.2) is 11.6 Å². The molecule has 9 heteroatoms. The number of aliphatic hydroxyl groups is 7. The fourth-order valence-electron chi connectivity index (χ4n) is 10.2. The molecule has 0 aromatic rings. The van der Waals surface area contributed by atoms with Gasteiger partial charge in [0.2, 0.25) is 0 Å². The number of aliphatic hydroxyl groups excluding tert-OH is 7. The summed E-state index contributed by atoms with van der Waals surface area (Å²) in [5, 5.41) is 74.5. The van der Waals surface area contributed by atoms with Gasteiger partial charge < -0.3 is 45.2 Å². The SMILES string of the molecule is CC(C)CC[C@H](O)[C@@H](C)[C@H]1[C@@H](O[C@@H]2O[C@H](CO)[C@H](O)[C@H](O)[C@H]2O)C[C@H]2[C@@H]3CC=C4C[C@@H](O)C[C@@H](O)[C@]4(C)[C@H]3CC[C@]12C. The highest BCUT2D eigenvalue weighted by Gasteiger charge is 2.64. The molecule has 1 aliphatic heterocycles. The lowest BCUT2D eigenvalue weighted by Crippen LogP contribution is -2.60. The first-order valence-electron chi connectivity index (χ1n) is 16.4. The zero-order chi connectivity index (χ0) is 30.7. The number of rotatable bonds is 8. The molecule has 42 heavy (non-hydrogen) atoms. The zero-order valence-corrected chi connectivity index (χ0v) is 26.0. The van der Waals surface area contributed by atoms with E-state index in [9.17, 15) is 35.7 Å². The molecule has 9 nitrogen and oxygen atoms in total. The highest BCUT2D eigenvalue weighted by atomic mass is 16.7. The Morgan fingerprint density at radius 1 is 0.976 bits per heavy atom. The van der Waals surface area contributed by atoms with Crippen molar-refractivity contribution in [2.45, 2.75) is 141 Å². The van der Waals surface area contributed by atoms with Crippen LogP contribution < -0.4 is 0 Å². The average molecular weight is 597 g/mol. The molecule has 0 bridgehead atoms. The van der Waals surface area contributed by atoms with E-state index in [1.54, 1.807) is 0 Å². The Balaban J connectivity index is 1.46. The largest absolute Gasteiger partial charge is 0.394 e. The molecular formula is C33H56O9. The van der Waals surface area contributed by atoms with E-state index in [1.165, 1.54) is 5.57 Å². The molecule has 0 aromatic heterocycles. The number of hydrogen-bond donors (Lipinski definition) is 7. The van der Waals surface area contributed by atoms with Gasteiger partial charge in [0.15, 0.2) is 6.29 Å². The highest BCUT2D eigenvalue weighted by molar-refractivity contribution is 5.28. The first-order valence-corrected chi connectivity index (χ1v) is 16.4. The third-order valence-corrected chi connectivity index (χ3v) is 12.6. The van der Waals surface area contributed by atoms with Crippen LogP contribution in [-0.4, -0.2) is 97.5 Å². The molecule has 5 aliphatic rings. The second-order valence-electron chi connectivity index (χ2n) is 15.3. The lowest BCUT2D eigenvalue weighted by Gasteiger charge is -2.59. The normalized spacial score (nSPS) is 50.5. The van der Waals surface area contributed by atoms with Gasteiger partial charge in [0, 0.05) is 11.8 Å². The first-order chi connectivity index (χ1) is 19.7. The van der Waals surface area contributed by atoms with E-state index in [2.05, 4.69) is 40.7 Å². The Bertz CT molecular complexity index is 971. The van der Waals surface area contributed by atoms with Crippen molar-refractivity contribution in [2.75, 3.05) is 6.61 Å². The molecule has 0 unspecified atom stereocenters. The van der Waals surface area contributed by atoms with Gasteiger partial charge in [-0.2, -0.15) is 0 Å². The Kier molecular flexibility index (Phi) is 9.59. The van der Waals surface area contributed by atoms with Gasteiger partial charge in [0.1, 0.15) is 24.4 Å². The van der Waals surface area contributed by atoms with Crippen LogP contribution in [0.4, 0.5) is 0 Å². The molecule has 5 rings (SSSR count). The third kappa shape index (κ3) is 5.43. The van der Waals surface area contributed by atoms with Gasteiger partial charge in [-0.1, -0.05) is 46.3 Å². The van der Waals surface area contributed by atoms with Crippen molar-refractivity contribution in [2.24, 2.45) is 46.3 Å². The maximum absolute atomic E-state index is 11.4. The zero-order valence-electron chi connectivity index (χ0n) is 26.0. The van der Waals surface area contributed by atoms with E-state index in [-0.39, 0.29) is 40.6 Å². The van der Waals surface area contributed by atoms with Crippen LogP contribution in [0.2, 0.25) is 0 Å². The summed E-state index contributed by atoms with van der Waals surface area (Å²) in [6.07, 6.45) is -0.418. The van der Waals surface area contributed by atoms with Crippen LogP contribution in [0.5, 0.6) is 0 Å². The first kappa shape index (κ1) is 32.8. The van der Waals surface area contributed by atoms with Crippen molar-refractivity contribution in [3.63, 3.8) is 0 Å². The van der Waals surface area contributed by atoms with Crippen LogP contribution in [-0.2, 0) is 9.47 Å². The third-order valence-electron chi connectivity index (χ3n) is 12.6. The number of fused-ring (bicyclic) bond motifs is 5. The summed E-state index contributed by atoms with van der Waals surface area (Å²) in [5.41, 5.74) is 0.635. The van der Waals surface area contributed by atoms with Crippen LogP contribution >= 0.6 is 0 Å². The molecule has 1 heterocycles. The van der Waals surface area contributed by atoms with Gasteiger partial charge in [0.05, 0.1) is 31.0 Å². The van der Waals surface area contributed by atoms with Crippen LogP contribution in [0.1, 0.15) is 86.0 Å². The van der Waals surface area contributed by atoms with Gasteiger partial charge in [-0.25, -0.2) is 0 Å². The smallest absolute Gasteiger partial charge is 0.186 e. The lowest BCUT2D eigenvalue weighted by atomic mass is 9.46. The quantitative estimate of drug-likeness (QED) is 0.208. The number of ether oxygens (including phenoxy) is 2. The number of allylic oxidation sites excluding steroid dienone is 1. The highest BCUT2D eigenvalue weighted by Crippen LogP contribution is 2.68. The molecule has 7 N–H and O–H groups in total. The van der Waals surface area contributed by atoms with Gasteiger partial charge in [-0.15, -0.1) is 0 Å². The van der Waals surface area contributed by atoms with Gasteiger partial charge in [-0.3, -0.25) is 0 Å². The maximum atomic E-state index is 11.4. The van der Waals surface area contributed by atoms with Crippen LogP contribution in [0.3, 0.4) is 0 Å². The average Bonchev–Trinajstić information content (AvgIpc) is 3.24. The lowest BCUT2D eigenvalue weighted by molar-refractivity contribution is -0.316. The summed E-state index contributed by atoms with van der Waals surface area (Å²) >= 11 is 0. The molecule has 3 saturated carbocycles. The summed E-state index contributed by atoms with van der Waals surface area (Å²) in [6.45, 7) is 10.4. The minimum absolute atomic E-state index is 0.0470. The Hall–Kier alpha value is -0.620. The topological polar surface area (TPSA) is 160 Å². The molecule has 4 fully saturated rings. The minimum Gasteiger partial charge on any atom is -0.394 e. The fourth-order valence-corrected chi connectivity index (χ4v) is 10.2. The van der Waals surface area contributed by atoms with Crippen molar-refractivity contribution >= 4 is 0 Å². The predicted octanol–water partition coefficient (Wildman–Crippen LogP) is 2.13. The molecule has 4 aliphatic carbocycles. The van der Waals surface area contributed by atoms with E-state index < -0.39 is 55.6 Å². The van der Waals surface area contributed by atoms with E-state index >= 15 is 0 Å². The van der Waals surface area contributed by atoms with Crippen molar-refractivity contribution in [1.29, 1.82) is 0 Å². The minimum atomic E-state index is -1.51. The summed E-state index contributed by atoms with van der Waals surface area (Å²) in [5.74, 6) is 1.14. The van der Waals surface area contributed by atoms with Gasteiger partial charge in [0.25, 0.3) is 0 Å². The van der Waals surface area contributed by atoms with Crippen molar-refractivity contribution in [1.82, 2.24) is 0 Å². The van der Waals surface area contributed by atoms with E-state index in [0.717, 1.165) is 25.7 Å². The Labute approximate surface area is 250 Å². The summed E-state index contributed by atoms with van der Waals surface area (Å²) < 4.78 is 12.4. The maximum Gasteiger partial charge on any atom is 0.186 e. The van der Waals surface area contributed by atoms with Crippen molar-refractivity contribution in [3.05, 3.63) is 11.6 Å². The van der Waals surface area contributed by atoms with E-state index in [4.69, 9.17) is 9.47 Å². The summed E-state index contributed by atoms with van der Waals surface area (Å²) in [7, 11) is 0.